The molecule has 0 spiro atoms. The van der Waals surface area contributed by atoms with Crippen LogP contribution >= 0.6 is 11.3 Å². The molecule has 1 N–H and O–H groups in total. The second-order valence-corrected chi connectivity index (χ2v) is 7.33. The minimum atomic E-state index is -0.490. The van der Waals surface area contributed by atoms with Crippen LogP contribution in [0.2, 0.25) is 0 Å². The summed E-state index contributed by atoms with van der Waals surface area (Å²) in [7, 11) is 0. The SMILES string of the molecule is CCc1ncsc1-c1ccc(C(C)NC(=O)OC(C)(C)C)cc1. The van der Waals surface area contributed by atoms with Crippen molar-refractivity contribution in [1.82, 2.24) is 10.3 Å². The van der Waals surface area contributed by atoms with Gasteiger partial charge in [0.25, 0.3) is 0 Å². The summed E-state index contributed by atoms with van der Waals surface area (Å²) >= 11 is 1.66. The zero-order chi connectivity index (χ0) is 17.0. The Morgan fingerprint density at radius 2 is 1.96 bits per heavy atom. The van der Waals surface area contributed by atoms with Crippen LogP contribution < -0.4 is 5.32 Å². The molecular weight excluding hydrogens is 308 g/mol. The van der Waals surface area contributed by atoms with E-state index in [0.29, 0.717) is 0 Å². The smallest absolute Gasteiger partial charge is 0.408 e. The highest BCUT2D eigenvalue weighted by molar-refractivity contribution is 7.13. The second-order valence-electron chi connectivity index (χ2n) is 6.47. The van der Waals surface area contributed by atoms with Gasteiger partial charge in [-0.05, 0) is 45.2 Å². The molecular formula is C18H24N2O2S. The minimum absolute atomic E-state index is 0.106. The van der Waals surface area contributed by atoms with Gasteiger partial charge in [-0.25, -0.2) is 9.78 Å². The number of nitrogens with zero attached hydrogens (tertiary/aromatic N) is 1. The Hall–Kier alpha value is -1.88. The third-order valence-electron chi connectivity index (χ3n) is 3.38. The number of alkyl carbamates (subject to hydrolysis) is 1. The molecule has 2 aromatic rings. The van der Waals surface area contributed by atoms with Crippen LogP contribution in [0.1, 0.15) is 51.9 Å². The van der Waals surface area contributed by atoms with Crippen molar-refractivity contribution in [2.45, 2.75) is 52.7 Å². The number of benzene rings is 1. The van der Waals surface area contributed by atoms with E-state index < -0.39 is 11.7 Å². The molecule has 0 radical (unpaired) electrons. The lowest BCUT2D eigenvalue weighted by Crippen LogP contribution is -2.34. The first-order valence-electron chi connectivity index (χ1n) is 7.82. The van der Waals surface area contributed by atoms with Crippen molar-refractivity contribution in [3.63, 3.8) is 0 Å². The average molecular weight is 332 g/mol. The highest BCUT2D eigenvalue weighted by Gasteiger charge is 2.18. The van der Waals surface area contributed by atoms with Crippen molar-refractivity contribution in [3.8, 4) is 10.4 Å². The molecule has 0 bridgehead atoms. The predicted molar refractivity (Wildman–Crippen MR) is 94.7 cm³/mol. The summed E-state index contributed by atoms with van der Waals surface area (Å²) in [5.41, 5.74) is 4.73. The topological polar surface area (TPSA) is 51.2 Å². The largest absolute Gasteiger partial charge is 0.444 e. The number of hydrogen-bond donors (Lipinski definition) is 1. The lowest BCUT2D eigenvalue weighted by molar-refractivity contribution is 0.0508. The number of aryl methyl sites for hydroxylation is 1. The average Bonchev–Trinajstić information content (AvgIpc) is 2.93. The molecule has 124 valence electrons. The fourth-order valence-corrected chi connectivity index (χ4v) is 3.14. The molecule has 1 amide bonds. The summed E-state index contributed by atoms with van der Waals surface area (Å²) in [6.07, 6.45) is 0.529. The van der Waals surface area contributed by atoms with Gasteiger partial charge < -0.3 is 10.1 Å². The van der Waals surface area contributed by atoms with Gasteiger partial charge in [0.1, 0.15) is 5.60 Å². The number of carbonyl (C=O) groups excluding carboxylic acids is 1. The van der Waals surface area contributed by atoms with Gasteiger partial charge in [0.2, 0.25) is 0 Å². The Labute approximate surface area is 141 Å². The van der Waals surface area contributed by atoms with Gasteiger partial charge in [-0.15, -0.1) is 11.3 Å². The summed E-state index contributed by atoms with van der Waals surface area (Å²) in [5.74, 6) is 0. The third kappa shape index (κ3) is 4.79. The number of carbonyl (C=O) groups is 1. The minimum Gasteiger partial charge on any atom is -0.444 e. The number of amides is 1. The predicted octanol–water partition coefficient (Wildman–Crippen LogP) is 4.96. The Kier molecular flexibility index (Phi) is 5.42. The van der Waals surface area contributed by atoms with E-state index in [2.05, 4.69) is 29.4 Å². The number of ether oxygens (including phenoxy) is 1. The Bertz CT molecular complexity index is 656. The molecule has 1 atom stereocenters. The van der Waals surface area contributed by atoms with Gasteiger partial charge in [-0.3, -0.25) is 0 Å². The molecule has 0 aliphatic carbocycles. The standard InChI is InChI=1S/C18H24N2O2S/c1-6-15-16(23-11-19-15)14-9-7-13(8-10-14)12(2)20-17(21)22-18(3,4)5/h7-12H,6H2,1-5H3,(H,20,21). The summed E-state index contributed by atoms with van der Waals surface area (Å²) in [6.45, 7) is 9.62. The van der Waals surface area contributed by atoms with Gasteiger partial charge in [0, 0.05) is 0 Å². The third-order valence-corrected chi connectivity index (χ3v) is 4.30. The van der Waals surface area contributed by atoms with Crippen LogP contribution in [0.5, 0.6) is 0 Å². The quantitative estimate of drug-likeness (QED) is 0.861. The zero-order valence-electron chi connectivity index (χ0n) is 14.3. The van der Waals surface area contributed by atoms with Gasteiger partial charge in [-0.2, -0.15) is 0 Å². The lowest BCUT2D eigenvalue weighted by Gasteiger charge is -2.22. The Morgan fingerprint density at radius 3 is 2.52 bits per heavy atom. The second kappa shape index (κ2) is 7.13. The van der Waals surface area contributed by atoms with Crippen LogP contribution in [0.15, 0.2) is 29.8 Å². The summed E-state index contributed by atoms with van der Waals surface area (Å²) in [6, 6.07) is 8.13. The Balaban J connectivity index is 2.06. The van der Waals surface area contributed by atoms with Crippen LogP contribution in [0.3, 0.4) is 0 Å². The van der Waals surface area contributed by atoms with Gasteiger partial charge in [0.05, 0.1) is 22.1 Å². The van der Waals surface area contributed by atoms with E-state index in [4.69, 9.17) is 4.74 Å². The lowest BCUT2D eigenvalue weighted by atomic mass is 10.0. The number of thiazole rings is 1. The maximum atomic E-state index is 11.8. The highest BCUT2D eigenvalue weighted by atomic mass is 32.1. The summed E-state index contributed by atoms with van der Waals surface area (Å²) in [4.78, 5) is 17.4. The van der Waals surface area contributed by atoms with E-state index in [0.717, 1.165) is 23.2 Å². The molecule has 1 aromatic carbocycles. The molecule has 23 heavy (non-hydrogen) atoms. The molecule has 5 heteroatoms. The molecule has 1 heterocycles. The number of aromatic nitrogens is 1. The molecule has 4 nitrogen and oxygen atoms in total. The van der Waals surface area contributed by atoms with E-state index in [1.165, 1.54) is 4.88 Å². The van der Waals surface area contributed by atoms with Crippen molar-refractivity contribution in [2.24, 2.45) is 0 Å². The molecule has 1 unspecified atom stereocenters. The van der Waals surface area contributed by atoms with Crippen molar-refractivity contribution in [3.05, 3.63) is 41.0 Å². The van der Waals surface area contributed by atoms with Gasteiger partial charge >= 0.3 is 6.09 Å². The Morgan fingerprint density at radius 1 is 1.30 bits per heavy atom. The van der Waals surface area contributed by atoms with Gasteiger partial charge in [-0.1, -0.05) is 31.2 Å². The molecule has 0 aliphatic rings. The number of nitrogens with one attached hydrogen (secondary N) is 1. The van der Waals surface area contributed by atoms with E-state index in [1.807, 2.05) is 45.3 Å². The van der Waals surface area contributed by atoms with Crippen LogP contribution in [0.4, 0.5) is 4.79 Å². The van der Waals surface area contributed by atoms with Crippen molar-refractivity contribution >= 4 is 17.4 Å². The number of hydrogen-bond acceptors (Lipinski definition) is 4. The van der Waals surface area contributed by atoms with E-state index >= 15 is 0 Å². The van der Waals surface area contributed by atoms with Crippen LogP contribution in [0.25, 0.3) is 10.4 Å². The van der Waals surface area contributed by atoms with Crippen LogP contribution in [0, 0.1) is 0 Å². The maximum Gasteiger partial charge on any atom is 0.408 e. The summed E-state index contributed by atoms with van der Waals surface area (Å²) in [5, 5.41) is 2.86. The first kappa shape index (κ1) is 17.5. The van der Waals surface area contributed by atoms with E-state index in [1.54, 1.807) is 11.3 Å². The van der Waals surface area contributed by atoms with E-state index in [-0.39, 0.29) is 6.04 Å². The van der Waals surface area contributed by atoms with Crippen molar-refractivity contribution in [2.75, 3.05) is 0 Å². The van der Waals surface area contributed by atoms with E-state index in [9.17, 15) is 4.79 Å². The molecule has 2 rings (SSSR count). The number of rotatable bonds is 4. The van der Waals surface area contributed by atoms with Crippen molar-refractivity contribution < 1.29 is 9.53 Å². The highest BCUT2D eigenvalue weighted by Crippen LogP contribution is 2.29. The molecule has 1 aromatic heterocycles. The molecule has 0 saturated heterocycles. The first-order valence-corrected chi connectivity index (χ1v) is 8.70. The fraction of sp³-hybridized carbons (Fsp3) is 0.444. The van der Waals surface area contributed by atoms with Crippen LogP contribution in [-0.2, 0) is 11.2 Å². The molecule has 0 saturated carbocycles. The summed E-state index contributed by atoms with van der Waals surface area (Å²) < 4.78 is 5.29. The monoisotopic (exact) mass is 332 g/mol. The zero-order valence-corrected chi connectivity index (χ0v) is 15.2. The molecule has 0 aliphatic heterocycles. The maximum absolute atomic E-state index is 11.8. The van der Waals surface area contributed by atoms with Gasteiger partial charge in [0.15, 0.2) is 0 Å². The van der Waals surface area contributed by atoms with Crippen molar-refractivity contribution in [1.29, 1.82) is 0 Å². The normalized spacial score (nSPS) is 12.7. The fourth-order valence-electron chi connectivity index (χ4n) is 2.25. The first-order chi connectivity index (χ1) is 10.8. The molecule has 0 fully saturated rings. The van der Waals surface area contributed by atoms with Crippen LogP contribution in [-0.4, -0.2) is 16.7 Å².